The molecule has 0 radical (unpaired) electrons. The Labute approximate surface area is 119 Å². The van der Waals surface area contributed by atoms with Gasteiger partial charge in [0.1, 0.15) is 5.82 Å². The van der Waals surface area contributed by atoms with E-state index in [0.717, 1.165) is 51.3 Å². The first kappa shape index (κ1) is 13.3. The van der Waals surface area contributed by atoms with Crippen molar-refractivity contribution < 1.29 is 4.79 Å². The molecule has 2 fully saturated rings. The van der Waals surface area contributed by atoms with Gasteiger partial charge in [0.05, 0.1) is 6.20 Å². The average molecular weight is 275 g/mol. The number of aromatic nitrogens is 2. The Morgan fingerprint density at radius 2 is 2.00 bits per heavy atom. The van der Waals surface area contributed by atoms with Crippen LogP contribution in [0.4, 0.5) is 5.82 Å². The Kier molecular flexibility index (Phi) is 3.82. The van der Waals surface area contributed by atoms with Gasteiger partial charge in [0.2, 0.25) is 5.91 Å². The summed E-state index contributed by atoms with van der Waals surface area (Å²) in [4.78, 5) is 25.0. The van der Waals surface area contributed by atoms with Gasteiger partial charge in [-0.25, -0.2) is 4.98 Å². The standard InChI is InChI=1S/C14H21N5O/c15-12-2-1-11(9-12)14(20)19-7-5-18(6-8-19)13-10-16-3-4-17-13/h3-4,10-12H,1-2,5-9,15H2. The number of anilines is 1. The van der Waals surface area contributed by atoms with Gasteiger partial charge in [-0.15, -0.1) is 0 Å². The molecule has 108 valence electrons. The van der Waals surface area contributed by atoms with E-state index in [4.69, 9.17) is 5.73 Å². The van der Waals surface area contributed by atoms with E-state index in [1.165, 1.54) is 0 Å². The van der Waals surface area contributed by atoms with E-state index in [1.807, 2.05) is 4.90 Å². The molecule has 0 bridgehead atoms. The van der Waals surface area contributed by atoms with Crippen LogP contribution < -0.4 is 10.6 Å². The maximum atomic E-state index is 12.4. The topological polar surface area (TPSA) is 75.4 Å². The number of carbonyl (C=O) groups excluding carboxylic acids is 1. The fourth-order valence-corrected chi connectivity index (χ4v) is 3.11. The maximum Gasteiger partial charge on any atom is 0.225 e. The first-order valence-electron chi connectivity index (χ1n) is 7.29. The van der Waals surface area contributed by atoms with Crippen LogP contribution in [-0.2, 0) is 4.79 Å². The second kappa shape index (κ2) is 5.75. The molecule has 2 atom stereocenters. The summed E-state index contributed by atoms with van der Waals surface area (Å²) in [5, 5.41) is 0. The highest BCUT2D eigenvalue weighted by molar-refractivity contribution is 5.79. The van der Waals surface area contributed by atoms with Crippen LogP contribution >= 0.6 is 0 Å². The molecule has 1 saturated heterocycles. The second-order valence-corrected chi connectivity index (χ2v) is 5.65. The van der Waals surface area contributed by atoms with Crippen molar-refractivity contribution in [2.45, 2.75) is 25.3 Å². The number of carbonyl (C=O) groups is 1. The fourth-order valence-electron chi connectivity index (χ4n) is 3.11. The molecular weight excluding hydrogens is 254 g/mol. The zero-order valence-corrected chi connectivity index (χ0v) is 11.6. The number of hydrogen-bond acceptors (Lipinski definition) is 5. The Hall–Kier alpha value is -1.69. The Balaban J connectivity index is 1.55. The number of nitrogens with zero attached hydrogens (tertiary/aromatic N) is 4. The van der Waals surface area contributed by atoms with Crippen LogP contribution in [-0.4, -0.2) is 53.0 Å². The van der Waals surface area contributed by atoms with E-state index in [1.54, 1.807) is 18.6 Å². The van der Waals surface area contributed by atoms with Crippen LogP contribution in [0.3, 0.4) is 0 Å². The van der Waals surface area contributed by atoms with E-state index >= 15 is 0 Å². The fraction of sp³-hybridized carbons (Fsp3) is 0.643. The molecular formula is C14H21N5O. The minimum absolute atomic E-state index is 0.146. The minimum Gasteiger partial charge on any atom is -0.352 e. The third-order valence-electron chi connectivity index (χ3n) is 4.29. The number of nitrogens with two attached hydrogens (primary N) is 1. The Morgan fingerprint density at radius 3 is 2.60 bits per heavy atom. The lowest BCUT2D eigenvalue weighted by atomic mass is 10.1. The van der Waals surface area contributed by atoms with Gasteiger partial charge in [0, 0.05) is 50.5 Å². The summed E-state index contributed by atoms with van der Waals surface area (Å²) >= 11 is 0. The van der Waals surface area contributed by atoms with Crippen molar-refractivity contribution >= 4 is 11.7 Å². The lowest BCUT2D eigenvalue weighted by molar-refractivity contribution is -0.135. The smallest absolute Gasteiger partial charge is 0.225 e. The van der Waals surface area contributed by atoms with E-state index in [2.05, 4.69) is 14.9 Å². The molecule has 2 heterocycles. The predicted octanol–water partition coefficient (Wildman–Crippen LogP) is 0.253. The van der Waals surface area contributed by atoms with Crippen molar-refractivity contribution in [1.82, 2.24) is 14.9 Å². The van der Waals surface area contributed by atoms with Gasteiger partial charge in [0.25, 0.3) is 0 Å². The van der Waals surface area contributed by atoms with Crippen LogP contribution in [0, 0.1) is 5.92 Å². The number of rotatable bonds is 2. The van der Waals surface area contributed by atoms with E-state index < -0.39 is 0 Å². The number of amides is 1. The summed E-state index contributed by atoms with van der Waals surface area (Å²) in [5.41, 5.74) is 5.90. The molecule has 0 spiro atoms. The summed E-state index contributed by atoms with van der Waals surface area (Å²) in [6.07, 6.45) is 7.93. The van der Waals surface area contributed by atoms with Crippen molar-refractivity contribution in [2.24, 2.45) is 11.7 Å². The first-order valence-corrected chi connectivity index (χ1v) is 7.29. The normalized spacial score (nSPS) is 26.9. The van der Waals surface area contributed by atoms with Crippen LogP contribution in [0.25, 0.3) is 0 Å². The molecule has 1 aliphatic carbocycles. The zero-order chi connectivity index (χ0) is 13.9. The van der Waals surface area contributed by atoms with E-state index in [0.29, 0.717) is 0 Å². The van der Waals surface area contributed by atoms with Gasteiger partial charge in [-0.3, -0.25) is 9.78 Å². The number of piperazine rings is 1. The van der Waals surface area contributed by atoms with Gasteiger partial charge >= 0.3 is 0 Å². The molecule has 1 aromatic rings. The van der Waals surface area contributed by atoms with Crippen molar-refractivity contribution in [2.75, 3.05) is 31.1 Å². The van der Waals surface area contributed by atoms with Crippen molar-refractivity contribution in [3.05, 3.63) is 18.6 Å². The Morgan fingerprint density at radius 1 is 1.20 bits per heavy atom. The van der Waals surface area contributed by atoms with Crippen molar-refractivity contribution in [3.63, 3.8) is 0 Å². The SMILES string of the molecule is NC1CCC(C(=O)N2CCN(c3cnccn3)CC2)C1. The molecule has 2 unspecified atom stereocenters. The summed E-state index contributed by atoms with van der Waals surface area (Å²) < 4.78 is 0. The van der Waals surface area contributed by atoms with Crippen LogP contribution in [0.2, 0.25) is 0 Å². The lowest BCUT2D eigenvalue weighted by Gasteiger charge is -2.36. The molecule has 6 nitrogen and oxygen atoms in total. The second-order valence-electron chi connectivity index (χ2n) is 5.65. The quantitative estimate of drug-likeness (QED) is 0.837. The Bertz CT molecular complexity index is 458. The maximum absolute atomic E-state index is 12.4. The molecule has 1 aliphatic heterocycles. The summed E-state index contributed by atoms with van der Waals surface area (Å²) in [5.74, 6) is 1.33. The average Bonchev–Trinajstić information content (AvgIpc) is 2.94. The molecule has 2 N–H and O–H groups in total. The zero-order valence-electron chi connectivity index (χ0n) is 11.6. The molecule has 1 amide bonds. The van der Waals surface area contributed by atoms with E-state index in [-0.39, 0.29) is 17.9 Å². The third kappa shape index (κ3) is 2.75. The summed E-state index contributed by atoms with van der Waals surface area (Å²) in [6, 6.07) is 0.213. The highest BCUT2D eigenvalue weighted by atomic mass is 16.2. The van der Waals surface area contributed by atoms with Crippen LogP contribution in [0.15, 0.2) is 18.6 Å². The molecule has 20 heavy (non-hydrogen) atoms. The van der Waals surface area contributed by atoms with Gasteiger partial charge in [-0.2, -0.15) is 0 Å². The molecule has 1 saturated carbocycles. The van der Waals surface area contributed by atoms with Gasteiger partial charge in [0.15, 0.2) is 0 Å². The van der Waals surface area contributed by atoms with Crippen LogP contribution in [0.5, 0.6) is 0 Å². The van der Waals surface area contributed by atoms with Crippen molar-refractivity contribution in [3.8, 4) is 0 Å². The van der Waals surface area contributed by atoms with E-state index in [9.17, 15) is 4.79 Å². The highest BCUT2D eigenvalue weighted by Crippen LogP contribution is 2.26. The van der Waals surface area contributed by atoms with Gasteiger partial charge in [-0.1, -0.05) is 0 Å². The largest absolute Gasteiger partial charge is 0.352 e. The summed E-state index contributed by atoms with van der Waals surface area (Å²) in [7, 11) is 0. The first-order chi connectivity index (χ1) is 9.74. The third-order valence-corrected chi connectivity index (χ3v) is 4.29. The monoisotopic (exact) mass is 275 g/mol. The molecule has 1 aromatic heterocycles. The molecule has 3 rings (SSSR count). The molecule has 6 heteroatoms. The molecule has 2 aliphatic rings. The molecule has 0 aromatic carbocycles. The van der Waals surface area contributed by atoms with Crippen LogP contribution in [0.1, 0.15) is 19.3 Å². The lowest BCUT2D eigenvalue weighted by Crippen LogP contribution is -2.50. The van der Waals surface area contributed by atoms with Crippen molar-refractivity contribution in [1.29, 1.82) is 0 Å². The predicted molar refractivity (Wildman–Crippen MR) is 76.1 cm³/mol. The summed E-state index contributed by atoms with van der Waals surface area (Å²) in [6.45, 7) is 3.18. The van der Waals surface area contributed by atoms with Gasteiger partial charge < -0.3 is 15.5 Å². The number of hydrogen-bond donors (Lipinski definition) is 1. The van der Waals surface area contributed by atoms with Gasteiger partial charge in [-0.05, 0) is 19.3 Å². The minimum atomic E-state index is 0.146. The highest BCUT2D eigenvalue weighted by Gasteiger charge is 2.32.